The summed E-state index contributed by atoms with van der Waals surface area (Å²) in [5.74, 6) is -0.623. The summed E-state index contributed by atoms with van der Waals surface area (Å²) in [6.45, 7) is 6.53. The maximum absolute atomic E-state index is 14.9. The van der Waals surface area contributed by atoms with Crippen molar-refractivity contribution in [3.05, 3.63) is 112 Å². The summed E-state index contributed by atoms with van der Waals surface area (Å²) in [7, 11) is -2.87. The van der Waals surface area contributed by atoms with Crippen molar-refractivity contribution in [3.63, 3.8) is 0 Å². The second-order valence-corrected chi connectivity index (χ2v) is 18.5. The molecule has 8 rings (SSSR count). The van der Waals surface area contributed by atoms with Gasteiger partial charge in [-0.05, 0) is 72.9 Å². The quantitative estimate of drug-likeness (QED) is 0.171. The number of benzene rings is 4. The molecule has 1 aromatic heterocycles. The van der Waals surface area contributed by atoms with Crippen LogP contribution in [0.5, 0.6) is 0 Å². The zero-order valence-electron chi connectivity index (χ0n) is 28.1. The van der Waals surface area contributed by atoms with Gasteiger partial charge in [0, 0.05) is 58.9 Å². The number of carbonyl (C=O) groups is 2. The van der Waals surface area contributed by atoms with Crippen molar-refractivity contribution in [1.82, 2.24) is 15.0 Å². The molecule has 4 heterocycles. The molecule has 256 valence electrons. The minimum Gasteiger partial charge on any atom is -0.432 e. The van der Waals surface area contributed by atoms with Crippen molar-refractivity contribution in [2.24, 2.45) is 5.92 Å². The van der Waals surface area contributed by atoms with Gasteiger partial charge in [0.15, 0.2) is 13.9 Å². The monoisotopic (exact) mass is 707 g/mol. The van der Waals surface area contributed by atoms with Crippen LogP contribution in [0.2, 0.25) is 23.7 Å². The summed E-state index contributed by atoms with van der Waals surface area (Å²) in [5.41, 5.74) is 3.61. The maximum atomic E-state index is 14.9. The number of aryl methyl sites for hydroxylation is 1. The van der Waals surface area contributed by atoms with Crippen molar-refractivity contribution in [1.29, 1.82) is 0 Å². The number of halogens is 1. The molecular weight excluding hydrogens is 670 g/mol. The first-order valence-electron chi connectivity index (χ1n) is 17.0. The highest BCUT2D eigenvalue weighted by atomic mass is 35.5. The molecule has 1 fully saturated rings. The van der Waals surface area contributed by atoms with Crippen LogP contribution in [-0.4, -0.2) is 57.7 Å². The van der Waals surface area contributed by atoms with Crippen LogP contribution in [0.25, 0.3) is 10.8 Å². The van der Waals surface area contributed by atoms with E-state index in [-0.39, 0.29) is 36.4 Å². The third kappa shape index (κ3) is 5.10. The van der Waals surface area contributed by atoms with Crippen LogP contribution in [0.1, 0.15) is 40.5 Å². The number of rotatable bonds is 9. The van der Waals surface area contributed by atoms with Gasteiger partial charge in [0.25, 0.3) is 11.8 Å². The molecule has 0 bridgehead atoms. The number of anilines is 3. The van der Waals surface area contributed by atoms with Gasteiger partial charge >= 0.3 is 0 Å². The number of aliphatic hydroxyl groups excluding tert-OH is 1. The molecule has 5 aromatic rings. The molecule has 12 heteroatoms. The summed E-state index contributed by atoms with van der Waals surface area (Å²) >= 11 is 6.60. The summed E-state index contributed by atoms with van der Waals surface area (Å²) in [4.78, 5) is 43.8. The smallest absolute Gasteiger partial charge is 0.264 e. The van der Waals surface area contributed by atoms with Gasteiger partial charge in [0.05, 0.1) is 35.3 Å². The fraction of sp³-hybridized carbons (Fsp3) is 0.316. The largest absolute Gasteiger partial charge is 0.432 e. The van der Waals surface area contributed by atoms with E-state index >= 15 is 0 Å². The van der Waals surface area contributed by atoms with Crippen molar-refractivity contribution in [2.45, 2.75) is 63.2 Å². The van der Waals surface area contributed by atoms with Crippen LogP contribution in [0.15, 0.2) is 85.1 Å². The topological polar surface area (TPSA) is 121 Å². The molecule has 3 aliphatic rings. The molecule has 0 aliphatic carbocycles. The zero-order valence-corrected chi connectivity index (χ0v) is 29.8. The van der Waals surface area contributed by atoms with Crippen LogP contribution in [0.4, 0.5) is 17.1 Å². The lowest BCUT2D eigenvalue weighted by molar-refractivity contribution is -0.146. The Balaban J connectivity index is 1.12. The molecule has 0 unspecified atom stereocenters. The molecular formula is C38H38ClN5O5Si. The van der Waals surface area contributed by atoms with Crippen molar-refractivity contribution < 1.29 is 24.2 Å². The molecule has 4 atom stereocenters. The minimum absolute atomic E-state index is 0.0110. The Morgan fingerprint density at radius 2 is 1.78 bits per heavy atom. The minimum atomic E-state index is -2.87. The number of amides is 2. The van der Waals surface area contributed by atoms with Gasteiger partial charge in [0.1, 0.15) is 0 Å². The summed E-state index contributed by atoms with van der Waals surface area (Å²) < 4.78 is 8.68. The number of aliphatic hydroxyl groups is 1. The molecule has 3 aliphatic heterocycles. The molecule has 1 saturated heterocycles. The maximum Gasteiger partial charge on any atom is 0.264 e. The van der Waals surface area contributed by atoms with Crippen molar-refractivity contribution in [3.8, 4) is 0 Å². The highest BCUT2D eigenvalue weighted by Crippen LogP contribution is 2.60. The van der Waals surface area contributed by atoms with E-state index in [1.54, 1.807) is 26.7 Å². The van der Waals surface area contributed by atoms with Crippen LogP contribution < -0.4 is 9.80 Å². The van der Waals surface area contributed by atoms with E-state index in [1.807, 2.05) is 92.8 Å². The van der Waals surface area contributed by atoms with E-state index in [4.69, 9.17) is 16.3 Å². The van der Waals surface area contributed by atoms with Gasteiger partial charge in [-0.2, -0.15) is 0 Å². The van der Waals surface area contributed by atoms with E-state index in [2.05, 4.69) is 10.3 Å². The fourth-order valence-electron chi connectivity index (χ4n) is 8.56. The lowest BCUT2D eigenvalue weighted by Gasteiger charge is -2.32. The standard InChI is InChI=1S/C38H38ClN5O5Si/c1-23-35(50(2,3)48)33(15-17-42-22-27(16-18-45)40-41-42)49-38(23)30-20-26(39)13-14-31(30)43(37(38)47)21-24-7-4-10-28(19-24)44-32-12-6-9-25-8-5-11-29(34(25)32)36(44)46/h4-14,19-20,22-23,33,35,45,48H,15-18,21H2,1-3H3/t23-,33+,35-,38+/m0/s1. The van der Waals surface area contributed by atoms with E-state index < -0.39 is 20.0 Å². The van der Waals surface area contributed by atoms with Crippen LogP contribution in [0, 0.1) is 5.92 Å². The zero-order chi connectivity index (χ0) is 34.9. The Morgan fingerprint density at radius 1 is 1.00 bits per heavy atom. The molecule has 1 spiro atoms. The van der Waals surface area contributed by atoms with E-state index in [1.165, 1.54) is 0 Å². The molecule has 2 N–H and O–H groups in total. The van der Waals surface area contributed by atoms with Crippen molar-refractivity contribution in [2.75, 3.05) is 16.4 Å². The summed E-state index contributed by atoms with van der Waals surface area (Å²) in [5, 5.41) is 20.1. The second kappa shape index (κ2) is 12.1. The van der Waals surface area contributed by atoms with Gasteiger partial charge in [-0.25, -0.2) is 0 Å². The average Bonchev–Trinajstić information content (AvgIpc) is 3.80. The first kappa shape index (κ1) is 32.8. The number of aromatic nitrogens is 3. The van der Waals surface area contributed by atoms with Gasteiger partial charge in [-0.3, -0.25) is 19.2 Å². The predicted molar refractivity (Wildman–Crippen MR) is 194 cm³/mol. The first-order chi connectivity index (χ1) is 24.0. The first-order valence-corrected chi connectivity index (χ1v) is 20.4. The third-order valence-electron chi connectivity index (χ3n) is 10.6. The van der Waals surface area contributed by atoms with E-state index in [0.717, 1.165) is 27.7 Å². The molecule has 2 amide bonds. The lowest BCUT2D eigenvalue weighted by Crippen LogP contribution is -2.46. The summed E-state index contributed by atoms with van der Waals surface area (Å²) in [6.07, 6.45) is 2.32. The third-order valence-corrected chi connectivity index (χ3v) is 13.3. The van der Waals surface area contributed by atoms with E-state index in [9.17, 15) is 19.5 Å². The molecule has 4 aromatic carbocycles. The van der Waals surface area contributed by atoms with Gasteiger partial charge < -0.3 is 19.5 Å². The Labute approximate surface area is 296 Å². The number of hydrogen-bond acceptors (Lipinski definition) is 7. The van der Waals surface area contributed by atoms with Crippen LogP contribution in [0.3, 0.4) is 0 Å². The highest BCUT2D eigenvalue weighted by Gasteiger charge is 2.66. The molecule has 0 saturated carbocycles. The lowest BCUT2D eigenvalue weighted by atomic mass is 9.82. The molecule has 10 nitrogen and oxygen atoms in total. The second-order valence-electron chi connectivity index (χ2n) is 14.1. The number of carbonyl (C=O) groups excluding carboxylic acids is 2. The molecule has 0 radical (unpaired) electrons. The van der Waals surface area contributed by atoms with Gasteiger partial charge in [0.2, 0.25) is 0 Å². The number of fused-ring (bicyclic) bond motifs is 2. The molecule has 50 heavy (non-hydrogen) atoms. The number of nitrogens with zero attached hydrogens (tertiary/aromatic N) is 5. The predicted octanol–water partition coefficient (Wildman–Crippen LogP) is 6.35. The van der Waals surface area contributed by atoms with Crippen LogP contribution in [-0.2, 0) is 34.6 Å². The van der Waals surface area contributed by atoms with E-state index in [0.29, 0.717) is 46.9 Å². The van der Waals surface area contributed by atoms with Gasteiger partial charge in [-0.1, -0.05) is 60.1 Å². The Hall–Kier alpha value is -4.39. The fourth-order valence-corrected chi connectivity index (χ4v) is 11.3. The average molecular weight is 708 g/mol. The normalized spacial score (nSPS) is 22.8. The SMILES string of the molecule is C[C@H]1[C@H]([Si](C)(C)O)[C@@H](CCn2cc(CCO)nn2)O[C@]12C(=O)N(Cc1cccc(N3C(=O)c4cccc5cccc3c45)c1)c1ccc(Cl)cc12. The number of ether oxygens (including phenoxy) is 1. The Bertz CT molecular complexity index is 2160. The number of hydrogen-bond donors (Lipinski definition) is 2. The Kier molecular flexibility index (Phi) is 7.96. The van der Waals surface area contributed by atoms with Crippen molar-refractivity contribution >= 4 is 59.6 Å². The van der Waals surface area contributed by atoms with Crippen LogP contribution >= 0.6 is 11.6 Å². The van der Waals surface area contributed by atoms with Gasteiger partial charge in [-0.15, -0.1) is 5.10 Å². The Morgan fingerprint density at radius 3 is 2.56 bits per heavy atom. The highest BCUT2D eigenvalue weighted by molar-refractivity contribution is 6.71. The summed E-state index contributed by atoms with van der Waals surface area (Å²) in [6, 6.07) is 25.0.